The lowest BCUT2D eigenvalue weighted by atomic mass is 10.2. The highest BCUT2D eigenvalue weighted by molar-refractivity contribution is 8.00. The number of hydrazine groups is 1. The van der Waals surface area contributed by atoms with Gasteiger partial charge in [0.1, 0.15) is 5.82 Å². The van der Waals surface area contributed by atoms with Crippen molar-refractivity contribution in [1.82, 2.24) is 4.98 Å². The molecule has 5 heteroatoms. The summed E-state index contributed by atoms with van der Waals surface area (Å²) in [5.74, 6) is 7.29. The van der Waals surface area contributed by atoms with Crippen molar-refractivity contribution in [3.05, 3.63) is 18.3 Å². The normalized spacial score (nSPS) is 20.9. The third-order valence-corrected chi connectivity index (χ3v) is 4.22. The van der Waals surface area contributed by atoms with Gasteiger partial charge in [0.2, 0.25) is 0 Å². The van der Waals surface area contributed by atoms with Gasteiger partial charge in [-0.2, -0.15) is 11.8 Å². The number of nitrogens with one attached hydrogen (secondary N) is 1. The molecule has 2 heterocycles. The summed E-state index contributed by atoms with van der Waals surface area (Å²) in [6.45, 7) is 4.48. The van der Waals surface area contributed by atoms with Gasteiger partial charge in [0.15, 0.2) is 0 Å². The monoisotopic (exact) mass is 238 g/mol. The summed E-state index contributed by atoms with van der Waals surface area (Å²) in [6.07, 6.45) is 3.03. The third kappa shape index (κ3) is 2.59. The minimum atomic E-state index is 0.726. The second-order valence-electron chi connectivity index (χ2n) is 3.89. The zero-order valence-electron chi connectivity index (χ0n) is 9.52. The summed E-state index contributed by atoms with van der Waals surface area (Å²) in [5, 5.41) is 0.746. The van der Waals surface area contributed by atoms with Crippen LogP contribution in [0.15, 0.2) is 18.3 Å². The van der Waals surface area contributed by atoms with Crippen molar-refractivity contribution in [1.29, 1.82) is 0 Å². The molecule has 2 rings (SSSR count). The fourth-order valence-corrected chi connectivity index (χ4v) is 3.08. The molecule has 0 aromatic carbocycles. The van der Waals surface area contributed by atoms with E-state index in [1.165, 1.54) is 17.9 Å². The van der Waals surface area contributed by atoms with Gasteiger partial charge in [-0.15, -0.1) is 0 Å². The Hall–Kier alpha value is -0.940. The van der Waals surface area contributed by atoms with E-state index in [1.807, 2.05) is 12.1 Å². The van der Waals surface area contributed by atoms with Crippen molar-refractivity contribution in [2.24, 2.45) is 5.84 Å². The van der Waals surface area contributed by atoms with E-state index in [0.29, 0.717) is 0 Å². The summed E-state index contributed by atoms with van der Waals surface area (Å²) < 4.78 is 0. The SMILES string of the molecule is CCC1CN(c2ccnc(NN)c2)CCS1. The Labute approximate surface area is 101 Å². The number of hydrogen-bond acceptors (Lipinski definition) is 5. The molecule has 0 aliphatic carbocycles. The molecule has 1 aliphatic rings. The number of nitrogen functional groups attached to an aromatic ring is 1. The van der Waals surface area contributed by atoms with Crippen LogP contribution in [0, 0.1) is 0 Å². The fourth-order valence-electron chi connectivity index (χ4n) is 1.90. The molecular formula is C11H18N4S. The molecule has 0 spiro atoms. The lowest BCUT2D eigenvalue weighted by Gasteiger charge is -2.33. The van der Waals surface area contributed by atoms with Crippen molar-refractivity contribution in [2.75, 3.05) is 29.2 Å². The minimum Gasteiger partial charge on any atom is -0.369 e. The first-order valence-corrected chi connectivity index (χ1v) is 6.67. The standard InChI is InChI=1S/C11H18N4S/c1-2-10-8-15(5-6-16-10)9-3-4-13-11(7-9)14-12/h3-4,7,10H,2,5-6,8,12H2,1H3,(H,13,14). The Kier molecular flexibility index (Phi) is 3.90. The van der Waals surface area contributed by atoms with Crippen molar-refractivity contribution in [3.63, 3.8) is 0 Å². The quantitative estimate of drug-likeness (QED) is 0.620. The highest BCUT2D eigenvalue weighted by Gasteiger charge is 2.19. The van der Waals surface area contributed by atoms with Gasteiger partial charge >= 0.3 is 0 Å². The second kappa shape index (κ2) is 5.41. The van der Waals surface area contributed by atoms with Gasteiger partial charge in [-0.05, 0) is 12.5 Å². The van der Waals surface area contributed by atoms with E-state index in [4.69, 9.17) is 5.84 Å². The Bertz CT molecular complexity index is 345. The number of pyridine rings is 1. The number of nitrogens with zero attached hydrogens (tertiary/aromatic N) is 2. The molecule has 0 amide bonds. The molecule has 0 saturated carbocycles. The molecule has 4 nitrogen and oxygen atoms in total. The van der Waals surface area contributed by atoms with E-state index < -0.39 is 0 Å². The van der Waals surface area contributed by atoms with Gasteiger partial charge in [-0.25, -0.2) is 10.8 Å². The van der Waals surface area contributed by atoms with Crippen molar-refractivity contribution < 1.29 is 0 Å². The summed E-state index contributed by atoms with van der Waals surface area (Å²) >= 11 is 2.07. The predicted molar refractivity (Wildman–Crippen MR) is 70.8 cm³/mol. The van der Waals surface area contributed by atoms with E-state index in [0.717, 1.165) is 24.2 Å². The van der Waals surface area contributed by atoms with Crippen molar-refractivity contribution >= 4 is 23.3 Å². The molecule has 3 N–H and O–H groups in total. The van der Waals surface area contributed by atoms with Crippen LogP contribution in [0.2, 0.25) is 0 Å². The third-order valence-electron chi connectivity index (χ3n) is 2.85. The van der Waals surface area contributed by atoms with Gasteiger partial charge in [0, 0.05) is 42.0 Å². The molecule has 1 aliphatic heterocycles. The van der Waals surface area contributed by atoms with E-state index in [1.54, 1.807) is 6.20 Å². The highest BCUT2D eigenvalue weighted by atomic mass is 32.2. The maximum Gasteiger partial charge on any atom is 0.141 e. The zero-order valence-corrected chi connectivity index (χ0v) is 10.3. The molecule has 1 saturated heterocycles. The summed E-state index contributed by atoms with van der Waals surface area (Å²) in [4.78, 5) is 6.53. The second-order valence-corrected chi connectivity index (χ2v) is 5.30. The molecule has 1 unspecified atom stereocenters. The molecule has 1 atom stereocenters. The van der Waals surface area contributed by atoms with E-state index in [2.05, 4.69) is 34.0 Å². The largest absolute Gasteiger partial charge is 0.369 e. The van der Waals surface area contributed by atoms with Crippen LogP contribution in [-0.4, -0.2) is 29.1 Å². The number of anilines is 2. The van der Waals surface area contributed by atoms with Gasteiger partial charge < -0.3 is 10.3 Å². The number of aromatic nitrogens is 1. The predicted octanol–water partition coefficient (Wildman–Crippen LogP) is 1.70. The van der Waals surface area contributed by atoms with Crippen molar-refractivity contribution in [2.45, 2.75) is 18.6 Å². The van der Waals surface area contributed by atoms with Crippen LogP contribution in [-0.2, 0) is 0 Å². The molecule has 1 aromatic heterocycles. The topological polar surface area (TPSA) is 54.2 Å². The first kappa shape index (κ1) is 11.5. The van der Waals surface area contributed by atoms with Crippen LogP contribution in [0.5, 0.6) is 0 Å². The smallest absolute Gasteiger partial charge is 0.141 e. The average molecular weight is 238 g/mol. The Morgan fingerprint density at radius 3 is 3.31 bits per heavy atom. The zero-order chi connectivity index (χ0) is 11.4. The van der Waals surface area contributed by atoms with E-state index in [9.17, 15) is 0 Å². The van der Waals surface area contributed by atoms with E-state index in [-0.39, 0.29) is 0 Å². The average Bonchev–Trinajstić information content (AvgIpc) is 2.39. The Balaban J connectivity index is 2.10. The van der Waals surface area contributed by atoms with Gasteiger partial charge in [0.25, 0.3) is 0 Å². The minimum absolute atomic E-state index is 0.726. The lowest BCUT2D eigenvalue weighted by Crippen LogP contribution is -2.37. The number of nitrogens with two attached hydrogens (primary N) is 1. The molecule has 88 valence electrons. The van der Waals surface area contributed by atoms with Gasteiger partial charge in [-0.3, -0.25) is 0 Å². The van der Waals surface area contributed by atoms with E-state index >= 15 is 0 Å². The number of hydrogen-bond donors (Lipinski definition) is 2. The highest BCUT2D eigenvalue weighted by Crippen LogP contribution is 2.26. The number of rotatable bonds is 3. The first-order valence-electron chi connectivity index (χ1n) is 5.62. The Morgan fingerprint density at radius 1 is 1.69 bits per heavy atom. The molecule has 1 aromatic rings. The summed E-state index contributed by atoms with van der Waals surface area (Å²) in [7, 11) is 0. The van der Waals surface area contributed by atoms with Crippen LogP contribution < -0.4 is 16.2 Å². The molecule has 0 radical (unpaired) electrons. The summed E-state index contributed by atoms with van der Waals surface area (Å²) in [6, 6.07) is 4.05. The van der Waals surface area contributed by atoms with Gasteiger partial charge in [0.05, 0.1) is 0 Å². The first-order chi connectivity index (χ1) is 7.83. The van der Waals surface area contributed by atoms with Crippen molar-refractivity contribution in [3.8, 4) is 0 Å². The lowest BCUT2D eigenvalue weighted by molar-refractivity contribution is 0.728. The van der Waals surface area contributed by atoms with Crippen LogP contribution in [0.1, 0.15) is 13.3 Å². The summed E-state index contributed by atoms with van der Waals surface area (Å²) in [5.41, 5.74) is 3.80. The van der Waals surface area contributed by atoms with Crippen LogP contribution in [0.3, 0.4) is 0 Å². The Morgan fingerprint density at radius 2 is 2.56 bits per heavy atom. The number of thioether (sulfide) groups is 1. The van der Waals surface area contributed by atoms with Crippen LogP contribution >= 0.6 is 11.8 Å². The molecule has 1 fully saturated rings. The molecule has 16 heavy (non-hydrogen) atoms. The molecular weight excluding hydrogens is 220 g/mol. The van der Waals surface area contributed by atoms with Crippen LogP contribution in [0.25, 0.3) is 0 Å². The van der Waals surface area contributed by atoms with Gasteiger partial charge in [-0.1, -0.05) is 6.92 Å². The maximum absolute atomic E-state index is 5.37. The maximum atomic E-state index is 5.37. The van der Waals surface area contributed by atoms with Crippen LogP contribution in [0.4, 0.5) is 11.5 Å². The fraction of sp³-hybridized carbons (Fsp3) is 0.545. The molecule has 0 bridgehead atoms.